The molecule has 2 amide bonds. The molecule has 1 aromatic rings. The van der Waals surface area contributed by atoms with Gasteiger partial charge in [-0.15, -0.1) is 0 Å². The first-order valence-corrected chi connectivity index (χ1v) is 8.02. The smallest absolute Gasteiger partial charge is 0.331 e. The van der Waals surface area contributed by atoms with Crippen LogP contribution in [0.15, 0.2) is 30.3 Å². The minimum atomic E-state index is -0.690. The first-order valence-electron chi connectivity index (χ1n) is 8.02. The molecule has 1 aromatic carbocycles. The molecule has 0 aliphatic heterocycles. The zero-order valence-corrected chi connectivity index (χ0v) is 14.7. The first kappa shape index (κ1) is 20.2. The van der Waals surface area contributed by atoms with Gasteiger partial charge in [-0.2, -0.15) is 0 Å². The van der Waals surface area contributed by atoms with Gasteiger partial charge < -0.3 is 20.1 Å². The molecule has 0 fully saturated rings. The van der Waals surface area contributed by atoms with Crippen LogP contribution in [0.3, 0.4) is 0 Å². The summed E-state index contributed by atoms with van der Waals surface area (Å²) in [4.78, 5) is 35.0. The summed E-state index contributed by atoms with van der Waals surface area (Å²) in [7, 11) is 1.55. The fourth-order valence-corrected chi connectivity index (χ4v) is 1.84. The molecule has 0 aliphatic rings. The summed E-state index contributed by atoms with van der Waals surface area (Å²) >= 11 is 0. The third kappa shape index (κ3) is 8.01. The molecule has 0 aliphatic carbocycles. The predicted molar refractivity (Wildman–Crippen MR) is 93.9 cm³/mol. The van der Waals surface area contributed by atoms with Crippen LogP contribution in [0.5, 0.6) is 5.75 Å². The molecule has 0 spiro atoms. The number of nitrogens with one attached hydrogen (secondary N) is 2. The van der Waals surface area contributed by atoms with Crippen molar-refractivity contribution in [1.82, 2.24) is 10.6 Å². The van der Waals surface area contributed by atoms with Crippen molar-refractivity contribution in [3.8, 4) is 5.75 Å². The Balaban J connectivity index is 2.38. The van der Waals surface area contributed by atoms with Crippen LogP contribution in [0.4, 0.5) is 0 Å². The molecule has 2 N–H and O–H groups in total. The average Bonchev–Trinajstić information content (AvgIpc) is 2.62. The van der Waals surface area contributed by atoms with Gasteiger partial charge in [-0.3, -0.25) is 9.59 Å². The van der Waals surface area contributed by atoms with E-state index in [0.717, 1.165) is 12.0 Å². The number of carbonyl (C=O) groups is 3. The Morgan fingerprint density at radius 2 is 2.04 bits per heavy atom. The van der Waals surface area contributed by atoms with E-state index in [0.29, 0.717) is 12.3 Å². The van der Waals surface area contributed by atoms with Crippen molar-refractivity contribution in [2.75, 3.05) is 20.3 Å². The highest BCUT2D eigenvalue weighted by molar-refractivity contribution is 5.91. The highest BCUT2D eigenvalue weighted by atomic mass is 16.5. The number of hydrogen-bond acceptors (Lipinski definition) is 5. The maximum absolute atomic E-state index is 11.7. The Morgan fingerprint density at radius 1 is 1.28 bits per heavy atom. The van der Waals surface area contributed by atoms with Crippen molar-refractivity contribution in [3.63, 3.8) is 0 Å². The van der Waals surface area contributed by atoms with Crippen LogP contribution in [0.2, 0.25) is 0 Å². The number of hydrogen-bond donors (Lipinski definition) is 2. The molecular weight excluding hydrogens is 324 g/mol. The van der Waals surface area contributed by atoms with E-state index in [2.05, 4.69) is 10.6 Å². The van der Waals surface area contributed by atoms with Crippen molar-refractivity contribution >= 4 is 23.9 Å². The van der Waals surface area contributed by atoms with Crippen molar-refractivity contribution in [2.24, 2.45) is 0 Å². The number of methoxy groups -OCH3 is 1. The second-order valence-electron chi connectivity index (χ2n) is 5.30. The van der Waals surface area contributed by atoms with Crippen molar-refractivity contribution < 1.29 is 23.9 Å². The monoisotopic (exact) mass is 348 g/mol. The zero-order chi connectivity index (χ0) is 18.7. The lowest BCUT2D eigenvalue weighted by Crippen LogP contribution is -2.46. The van der Waals surface area contributed by atoms with E-state index < -0.39 is 24.5 Å². The molecule has 1 atom stereocenters. The summed E-state index contributed by atoms with van der Waals surface area (Å²) < 4.78 is 9.93. The maximum atomic E-state index is 11.7. The molecule has 7 heteroatoms. The quantitative estimate of drug-likeness (QED) is 0.518. The Morgan fingerprint density at radius 3 is 2.72 bits per heavy atom. The maximum Gasteiger partial charge on any atom is 0.331 e. The average molecular weight is 348 g/mol. The second-order valence-corrected chi connectivity index (χ2v) is 5.30. The molecule has 0 aromatic heterocycles. The van der Waals surface area contributed by atoms with Gasteiger partial charge in [-0.25, -0.2) is 4.79 Å². The van der Waals surface area contributed by atoms with E-state index in [-0.39, 0.29) is 5.91 Å². The second kappa shape index (κ2) is 10.9. The number of amides is 2. The minimum absolute atomic E-state index is 0.278. The van der Waals surface area contributed by atoms with Crippen LogP contribution in [-0.4, -0.2) is 44.1 Å². The third-order valence-corrected chi connectivity index (χ3v) is 3.17. The third-order valence-electron chi connectivity index (χ3n) is 3.17. The van der Waals surface area contributed by atoms with Gasteiger partial charge in [0.25, 0.3) is 5.91 Å². The van der Waals surface area contributed by atoms with Gasteiger partial charge >= 0.3 is 5.97 Å². The molecule has 0 heterocycles. The van der Waals surface area contributed by atoms with E-state index >= 15 is 0 Å². The summed E-state index contributed by atoms with van der Waals surface area (Å²) in [5.41, 5.74) is 0.766. The van der Waals surface area contributed by atoms with Gasteiger partial charge in [0, 0.05) is 12.6 Å². The zero-order valence-electron chi connectivity index (χ0n) is 14.7. The lowest BCUT2D eigenvalue weighted by atomic mass is 10.2. The van der Waals surface area contributed by atoms with Gasteiger partial charge in [-0.05, 0) is 37.1 Å². The summed E-state index contributed by atoms with van der Waals surface area (Å²) in [5.74, 6) is -0.798. The number of carbonyl (C=O) groups excluding carboxylic acids is 3. The van der Waals surface area contributed by atoms with Crippen molar-refractivity contribution in [1.29, 1.82) is 0 Å². The molecule has 0 bridgehead atoms. The van der Waals surface area contributed by atoms with E-state index in [1.807, 2.05) is 6.92 Å². The van der Waals surface area contributed by atoms with Gasteiger partial charge in [0.2, 0.25) is 5.91 Å². The number of ether oxygens (including phenoxy) is 2. The molecule has 25 heavy (non-hydrogen) atoms. The highest BCUT2D eigenvalue weighted by Gasteiger charge is 2.15. The minimum Gasteiger partial charge on any atom is -0.497 e. The summed E-state index contributed by atoms with van der Waals surface area (Å²) in [5, 5.41) is 5.13. The van der Waals surface area contributed by atoms with Crippen molar-refractivity contribution in [3.05, 3.63) is 35.9 Å². The topological polar surface area (TPSA) is 93.7 Å². The summed E-state index contributed by atoms with van der Waals surface area (Å²) in [6.45, 7) is 3.59. The van der Waals surface area contributed by atoms with Crippen molar-refractivity contribution in [2.45, 2.75) is 26.3 Å². The Labute approximate surface area is 147 Å². The lowest BCUT2D eigenvalue weighted by molar-refractivity contribution is -0.144. The number of benzene rings is 1. The molecule has 0 saturated carbocycles. The van der Waals surface area contributed by atoms with Crippen LogP contribution in [0.1, 0.15) is 25.8 Å². The van der Waals surface area contributed by atoms with Gasteiger partial charge in [0.05, 0.1) is 7.11 Å². The van der Waals surface area contributed by atoms with Crippen LogP contribution in [-0.2, 0) is 19.1 Å². The number of rotatable bonds is 9. The Bertz CT molecular complexity index is 628. The Hall–Kier alpha value is -2.83. The number of esters is 1. The molecule has 0 saturated heterocycles. The Kier molecular flexibility index (Phi) is 8.78. The van der Waals surface area contributed by atoms with Gasteiger partial charge in [0.1, 0.15) is 11.8 Å². The van der Waals surface area contributed by atoms with Gasteiger partial charge in [0.15, 0.2) is 6.61 Å². The highest BCUT2D eigenvalue weighted by Crippen LogP contribution is 2.13. The standard InChI is InChI=1S/C18H24N2O5/c1-4-10-19-18(23)13(2)20-16(21)12-25-17(22)9-8-14-6-5-7-15(11-14)24-3/h5-9,11,13H,4,10,12H2,1-3H3,(H,19,23)(H,20,21)/b9-8+/t13-/m0/s1. The largest absolute Gasteiger partial charge is 0.497 e. The predicted octanol–water partition coefficient (Wildman–Crippen LogP) is 1.28. The molecule has 7 nitrogen and oxygen atoms in total. The van der Waals surface area contributed by atoms with Crippen LogP contribution in [0.25, 0.3) is 6.08 Å². The first-order chi connectivity index (χ1) is 12.0. The molecule has 0 unspecified atom stereocenters. The molecule has 0 radical (unpaired) electrons. The normalized spacial score (nSPS) is 11.6. The van der Waals surface area contributed by atoms with Crippen LogP contribution < -0.4 is 15.4 Å². The van der Waals surface area contributed by atoms with E-state index in [1.165, 1.54) is 6.08 Å². The van der Waals surface area contributed by atoms with E-state index in [1.54, 1.807) is 44.4 Å². The molecular formula is C18H24N2O5. The van der Waals surface area contributed by atoms with Crippen LogP contribution >= 0.6 is 0 Å². The summed E-state index contributed by atoms with van der Waals surface area (Å²) in [6.07, 6.45) is 3.59. The fraction of sp³-hybridized carbons (Fsp3) is 0.389. The summed E-state index contributed by atoms with van der Waals surface area (Å²) in [6, 6.07) is 6.45. The van der Waals surface area contributed by atoms with Gasteiger partial charge in [-0.1, -0.05) is 19.1 Å². The van der Waals surface area contributed by atoms with E-state index in [4.69, 9.17) is 9.47 Å². The fourth-order valence-electron chi connectivity index (χ4n) is 1.84. The van der Waals surface area contributed by atoms with Crippen LogP contribution in [0, 0.1) is 0 Å². The van der Waals surface area contributed by atoms with E-state index in [9.17, 15) is 14.4 Å². The molecule has 1 rings (SSSR count). The SMILES string of the molecule is CCCNC(=O)[C@H](C)NC(=O)COC(=O)/C=C/c1cccc(OC)c1. The lowest BCUT2D eigenvalue weighted by Gasteiger charge is -2.13. The molecule has 136 valence electrons.